The monoisotopic (exact) mass is 556 g/mol. The summed E-state index contributed by atoms with van der Waals surface area (Å²) >= 11 is 3.33. The first-order valence-corrected chi connectivity index (χ1v) is 14.6. The molecular weight excluding hydrogens is 508 g/mol. The Morgan fingerprint density at radius 3 is 1.82 bits per heavy atom. The smallest absolute Gasteiger partial charge is 0.333 e. The van der Waals surface area contributed by atoms with Crippen molar-refractivity contribution < 1.29 is 33.5 Å². The van der Waals surface area contributed by atoms with Crippen LogP contribution in [0.1, 0.15) is 122 Å². The summed E-state index contributed by atoms with van der Waals surface area (Å²) in [6, 6.07) is 0. The van der Waals surface area contributed by atoms with Crippen LogP contribution < -0.4 is 0 Å². The molecule has 0 aliphatic carbocycles. The number of nitrogens with one attached hydrogen (secondary N) is 1. The van der Waals surface area contributed by atoms with Crippen molar-refractivity contribution in [3.8, 4) is 0 Å². The average Bonchev–Trinajstić information content (AvgIpc) is 3.24. The molecule has 218 valence electrons. The summed E-state index contributed by atoms with van der Waals surface area (Å²) in [4.78, 5) is 50.8. The second-order valence-electron chi connectivity index (χ2n) is 9.32. The van der Waals surface area contributed by atoms with Gasteiger partial charge in [-0.15, -0.1) is 5.06 Å². The van der Waals surface area contributed by atoms with E-state index in [1.807, 2.05) is 0 Å². The van der Waals surface area contributed by atoms with Crippen molar-refractivity contribution in [2.24, 2.45) is 0 Å². The highest BCUT2D eigenvalue weighted by Crippen LogP contribution is 2.13. The Balaban J connectivity index is 0.00000667. The normalized spacial score (nSPS) is 13.0. The fourth-order valence-electron chi connectivity index (χ4n) is 3.85. The first-order chi connectivity index (χ1) is 18.5. The van der Waals surface area contributed by atoms with Gasteiger partial charge >= 0.3 is 11.9 Å². The lowest BCUT2D eigenvalue weighted by molar-refractivity contribution is -0.197. The number of hydrogen-bond donors (Lipinski definition) is 1. The van der Waals surface area contributed by atoms with Gasteiger partial charge in [-0.1, -0.05) is 76.9 Å². The second-order valence-corrected chi connectivity index (χ2v) is 9.32. The lowest BCUT2D eigenvalue weighted by Gasteiger charge is -2.12. The number of hydroxylamine groups is 2. The van der Waals surface area contributed by atoms with Crippen LogP contribution in [0.3, 0.4) is 0 Å². The second kappa shape index (κ2) is 26.4. The Hall–Kier alpha value is -2.20. The van der Waals surface area contributed by atoms with E-state index >= 15 is 0 Å². The van der Waals surface area contributed by atoms with Gasteiger partial charge in [0.05, 0.1) is 19.4 Å². The minimum atomic E-state index is -0.813. The lowest BCUT2D eigenvalue weighted by Crippen LogP contribution is -2.32. The number of carbonyl (C=O) groups excluding carboxylic acids is 4. The maximum absolute atomic E-state index is 11.7. The zero-order chi connectivity index (χ0) is 28.3. The fraction of sp³-hybridized carbons (Fsp3) is 0.786. The number of imide groups is 1. The van der Waals surface area contributed by atoms with Crippen LogP contribution >= 0.6 is 0 Å². The Morgan fingerprint density at radius 1 is 0.737 bits per heavy atom. The number of esters is 1. The van der Waals surface area contributed by atoms with Crippen molar-refractivity contribution in [3.05, 3.63) is 12.2 Å². The first kappa shape index (κ1) is 35.8. The van der Waals surface area contributed by atoms with Gasteiger partial charge in [-0.3, -0.25) is 14.4 Å². The summed E-state index contributed by atoms with van der Waals surface area (Å²) in [7, 11) is 0. The van der Waals surface area contributed by atoms with Crippen molar-refractivity contribution >= 4 is 36.2 Å². The summed E-state index contributed by atoms with van der Waals surface area (Å²) in [6.45, 7) is 3.34. The molecule has 1 rings (SSSR count). The van der Waals surface area contributed by atoms with Crippen molar-refractivity contribution in [2.45, 2.75) is 122 Å². The molecule has 0 aromatic heterocycles. The third kappa shape index (κ3) is 20.8. The fourth-order valence-corrected chi connectivity index (χ4v) is 3.85. The molecule has 0 spiro atoms. The third-order valence-electron chi connectivity index (χ3n) is 6.02. The molecule has 0 saturated carbocycles. The summed E-state index contributed by atoms with van der Waals surface area (Å²) in [5.41, 5.74) is 0. The quantitative estimate of drug-likeness (QED) is 0.0676. The molecule has 38 heavy (non-hydrogen) atoms. The molecule has 2 amide bonds. The molecule has 0 aromatic rings. The van der Waals surface area contributed by atoms with Gasteiger partial charge in [0.15, 0.2) is 0 Å². The van der Waals surface area contributed by atoms with Crippen molar-refractivity contribution in [3.63, 3.8) is 0 Å². The average molecular weight is 557 g/mol. The molecule has 1 fully saturated rings. The zero-order valence-electron chi connectivity index (χ0n) is 23.2. The van der Waals surface area contributed by atoms with Gasteiger partial charge in [-0.2, -0.15) is 0 Å². The van der Waals surface area contributed by atoms with Crippen molar-refractivity contribution in [1.29, 1.82) is 4.78 Å². The maximum Gasteiger partial charge on any atom is 0.333 e. The number of ether oxygens (including phenoxy) is 2. The molecule has 0 aromatic carbocycles. The van der Waals surface area contributed by atoms with Gasteiger partial charge < -0.3 is 14.3 Å². The highest BCUT2D eigenvalue weighted by molar-refractivity contribution is 7.45. The lowest BCUT2D eigenvalue weighted by atomic mass is 10.1. The molecule has 0 atom stereocenters. The maximum atomic E-state index is 11.7. The summed E-state index contributed by atoms with van der Waals surface area (Å²) in [5.74, 6) is -2.46. The minimum absolute atomic E-state index is 0.0331. The van der Waals surface area contributed by atoms with E-state index in [9.17, 15) is 19.2 Å². The number of carbonyl (C=O) groups is 4. The molecule has 1 N–H and O–H groups in total. The van der Waals surface area contributed by atoms with Crippen molar-refractivity contribution in [1.82, 2.24) is 5.06 Å². The van der Waals surface area contributed by atoms with E-state index in [4.69, 9.17) is 19.1 Å². The van der Waals surface area contributed by atoms with Crippen LogP contribution in [0.15, 0.2) is 12.2 Å². The Kier molecular flexibility index (Phi) is 24.9. The Labute approximate surface area is 233 Å². The summed E-state index contributed by atoms with van der Waals surface area (Å²) in [5, 5.41) is 0.470. The van der Waals surface area contributed by atoms with E-state index in [1.54, 1.807) is 0 Å². The van der Waals surface area contributed by atoms with E-state index < -0.39 is 23.8 Å². The van der Waals surface area contributed by atoms with Gasteiger partial charge in [0.25, 0.3) is 11.8 Å². The number of amides is 2. The van der Waals surface area contributed by atoms with E-state index in [0.29, 0.717) is 18.3 Å². The van der Waals surface area contributed by atoms with Gasteiger partial charge in [-0.25, -0.2) is 9.57 Å². The third-order valence-corrected chi connectivity index (χ3v) is 6.02. The molecule has 9 nitrogen and oxygen atoms in total. The topological polar surface area (TPSA) is 123 Å². The van der Waals surface area contributed by atoms with Crippen LogP contribution in [-0.2, 0) is 45.9 Å². The van der Waals surface area contributed by atoms with Gasteiger partial charge in [-0.05, 0) is 32.1 Å². The van der Waals surface area contributed by atoms with Crippen molar-refractivity contribution in [2.75, 3.05) is 19.8 Å². The van der Waals surface area contributed by atoms with Crippen LogP contribution in [0.4, 0.5) is 0 Å². The molecule has 10 heteroatoms. The van der Waals surface area contributed by atoms with Crippen LogP contribution in [0.2, 0.25) is 0 Å². The van der Waals surface area contributed by atoms with Gasteiger partial charge in [0.1, 0.15) is 6.61 Å². The number of hydrogen-bond acceptors (Lipinski definition) is 9. The van der Waals surface area contributed by atoms with Crippen LogP contribution in [0.25, 0.3) is 0 Å². The summed E-state index contributed by atoms with van der Waals surface area (Å²) < 4.78 is 15.8. The Morgan fingerprint density at radius 2 is 1.24 bits per heavy atom. The molecule has 0 radical (unpaired) electrons. The largest absolute Gasteiger partial charge is 0.463 e. The van der Waals surface area contributed by atoms with E-state index in [-0.39, 0.29) is 32.3 Å². The van der Waals surface area contributed by atoms with E-state index in [2.05, 4.69) is 31.5 Å². The number of allylic oxidation sites excluding steroid dienone is 2. The highest BCUT2D eigenvalue weighted by atomic mass is 32.1. The molecule has 1 aliphatic rings. The zero-order valence-corrected chi connectivity index (χ0v) is 24.0. The van der Waals surface area contributed by atoms with E-state index in [0.717, 1.165) is 12.8 Å². The molecular formula is C28H48N2O7S. The standard InChI is InChI=1S/C28H47NO7.HNS/c1-2-3-4-5-6-7-8-9-10-11-12-13-14-15-16-17-22-34-23-24-35-27(32)20-21-28(33)36-29-25(30)18-19-26(29)31;1-2/h9-10H,2-8,11-24H2,1H3;1H/b10-9-;. The Bertz CT molecular complexity index is 672. The number of unbranched alkanes of at least 4 members (excludes halogenated alkanes) is 12. The number of rotatable bonds is 23. The molecule has 1 aliphatic heterocycles. The van der Waals surface area contributed by atoms with Crippen LogP contribution in [-0.4, -0.2) is 48.6 Å². The predicted molar refractivity (Wildman–Crippen MR) is 148 cm³/mol. The summed E-state index contributed by atoms with van der Waals surface area (Å²) in [6.07, 6.45) is 22.0. The highest BCUT2D eigenvalue weighted by Gasteiger charge is 2.32. The molecule has 1 saturated heterocycles. The SMILES string of the molecule is CCCCCCCC/C=C\CCCCCCCCOCCOC(=O)CCC(=O)ON1C(=O)CCC1=O.N=S. The predicted octanol–water partition coefficient (Wildman–Crippen LogP) is 6.27. The minimum Gasteiger partial charge on any atom is -0.463 e. The van der Waals surface area contributed by atoms with Crippen LogP contribution in [0.5, 0.6) is 0 Å². The van der Waals surface area contributed by atoms with E-state index in [1.165, 1.54) is 77.0 Å². The first-order valence-electron chi connectivity index (χ1n) is 14.2. The van der Waals surface area contributed by atoms with Crippen LogP contribution in [0, 0.1) is 4.78 Å². The molecule has 0 unspecified atom stereocenters. The van der Waals surface area contributed by atoms with Gasteiger partial charge in [0, 0.05) is 31.9 Å². The number of nitrogens with zero attached hydrogens (tertiary/aromatic N) is 1. The molecule has 0 bridgehead atoms. The van der Waals surface area contributed by atoms with Gasteiger partial charge in [0.2, 0.25) is 0 Å². The molecule has 1 heterocycles.